The molecule has 2 rings (SSSR count). The summed E-state index contributed by atoms with van der Waals surface area (Å²) in [6.45, 7) is 1.84. The summed E-state index contributed by atoms with van der Waals surface area (Å²) in [6.07, 6.45) is 1.55. The Hall–Kier alpha value is -1.78. The van der Waals surface area contributed by atoms with Crippen LogP contribution in [0.5, 0.6) is 0 Å². The Bertz CT molecular complexity index is 437. The van der Waals surface area contributed by atoms with Crippen LogP contribution in [0.4, 0.5) is 0 Å². The molecule has 2 heterocycles. The summed E-state index contributed by atoms with van der Waals surface area (Å²) in [4.78, 5) is 24.1. The lowest BCUT2D eigenvalue weighted by atomic mass is 9.97. The van der Waals surface area contributed by atoms with Crippen LogP contribution < -0.4 is 0 Å². The summed E-state index contributed by atoms with van der Waals surface area (Å²) in [5.41, 5.74) is 0.873. The molecule has 0 radical (unpaired) electrons. The Morgan fingerprint density at radius 2 is 2.31 bits per heavy atom. The van der Waals surface area contributed by atoms with E-state index in [0.29, 0.717) is 5.76 Å². The quantitative estimate of drug-likeness (QED) is 0.817. The molecule has 1 N–H and O–H groups in total. The van der Waals surface area contributed by atoms with Gasteiger partial charge in [-0.2, -0.15) is 0 Å². The molecule has 1 aliphatic heterocycles. The Labute approximate surface area is 92.7 Å². The lowest BCUT2D eigenvalue weighted by Crippen LogP contribution is -2.27. The van der Waals surface area contributed by atoms with Crippen molar-refractivity contribution in [2.45, 2.75) is 19.4 Å². The molecule has 1 aromatic rings. The van der Waals surface area contributed by atoms with Crippen molar-refractivity contribution in [3.63, 3.8) is 0 Å². The van der Waals surface area contributed by atoms with Gasteiger partial charge in [-0.3, -0.25) is 9.59 Å². The van der Waals surface area contributed by atoms with Gasteiger partial charge in [-0.05, 0) is 18.6 Å². The first-order valence-corrected chi connectivity index (χ1v) is 5.05. The van der Waals surface area contributed by atoms with Gasteiger partial charge in [0.25, 0.3) is 0 Å². The van der Waals surface area contributed by atoms with Crippen LogP contribution in [0.25, 0.3) is 0 Å². The third-order valence-electron chi connectivity index (χ3n) is 3.07. The SMILES string of the molecule is Cc1ccoc1C1C(C(=O)O)CC(=O)N1C. The molecule has 0 aromatic carbocycles. The predicted octanol–water partition coefficient (Wildman–Crippen LogP) is 1.19. The molecule has 2 atom stereocenters. The highest BCUT2D eigenvalue weighted by Gasteiger charge is 2.44. The lowest BCUT2D eigenvalue weighted by Gasteiger charge is -2.21. The average Bonchev–Trinajstić information content (AvgIpc) is 2.73. The van der Waals surface area contributed by atoms with Crippen LogP contribution in [0.3, 0.4) is 0 Å². The smallest absolute Gasteiger partial charge is 0.309 e. The van der Waals surface area contributed by atoms with Crippen LogP contribution in [0, 0.1) is 12.8 Å². The number of carbonyl (C=O) groups is 2. The number of hydrogen-bond donors (Lipinski definition) is 1. The summed E-state index contributed by atoms with van der Waals surface area (Å²) < 4.78 is 5.29. The number of carboxylic acid groups (broad SMARTS) is 1. The molecular formula is C11H13NO4. The molecule has 86 valence electrons. The monoisotopic (exact) mass is 223 g/mol. The van der Waals surface area contributed by atoms with E-state index in [1.54, 1.807) is 13.1 Å². The van der Waals surface area contributed by atoms with Crippen molar-refractivity contribution >= 4 is 11.9 Å². The topological polar surface area (TPSA) is 70.7 Å². The highest BCUT2D eigenvalue weighted by Crippen LogP contribution is 2.38. The molecule has 2 unspecified atom stereocenters. The maximum absolute atomic E-state index is 11.5. The molecule has 1 aromatic heterocycles. The highest BCUT2D eigenvalue weighted by molar-refractivity contribution is 5.87. The number of furan rings is 1. The third-order valence-corrected chi connectivity index (χ3v) is 3.07. The van der Waals surface area contributed by atoms with Gasteiger partial charge in [0, 0.05) is 13.5 Å². The second-order valence-corrected chi connectivity index (χ2v) is 4.07. The summed E-state index contributed by atoms with van der Waals surface area (Å²) in [5, 5.41) is 9.09. The fraction of sp³-hybridized carbons (Fsp3) is 0.455. The lowest BCUT2D eigenvalue weighted by molar-refractivity contribution is -0.142. The molecule has 0 spiro atoms. The molecule has 16 heavy (non-hydrogen) atoms. The van der Waals surface area contributed by atoms with E-state index in [-0.39, 0.29) is 12.3 Å². The van der Waals surface area contributed by atoms with E-state index in [9.17, 15) is 9.59 Å². The average molecular weight is 223 g/mol. The van der Waals surface area contributed by atoms with E-state index in [1.807, 2.05) is 6.92 Å². The zero-order valence-electron chi connectivity index (χ0n) is 9.14. The first-order valence-electron chi connectivity index (χ1n) is 5.05. The van der Waals surface area contributed by atoms with Gasteiger partial charge in [0.15, 0.2) is 0 Å². The number of carbonyl (C=O) groups excluding carboxylic acids is 1. The van der Waals surface area contributed by atoms with Gasteiger partial charge >= 0.3 is 5.97 Å². The van der Waals surface area contributed by atoms with Gasteiger partial charge in [0.05, 0.1) is 12.2 Å². The molecule has 1 aliphatic rings. The third kappa shape index (κ3) is 1.48. The van der Waals surface area contributed by atoms with Crippen LogP contribution in [-0.4, -0.2) is 28.9 Å². The Balaban J connectivity index is 2.40. The van der Waals surface area contributed by atoms with Crippen molar-refractivity contribution in [1.29, 1.82) is 0 Å². The number of carboxylic acids is 1. The number of hydrogen-bond acceptors (Lipinski definition) is 3. The zero-order chi connectivity index (χ0) is 11.9. The van der Waals surface area contributed by atoms with Gasteiger partial charge in [0.2, 0.25) is 5.91 Å². The molecule has 0 aliphatic carbocycles. The van der Waals surface area contributed by atoms with Gasteiger partial charge in [-0.25, -0.2) is 0 Å². The maximum Gasteiger partial charge on any atom is 0.309 e. The van der Waals surface area contributed by atoms with Gasteiger partial charge < -0.3 is 14.4 Å². The molecule has 5 nitrogen and oxygen atoms in total. The number of rotatable bonds is 2. The second-order valence-electron chi connectivity index (χ2n) is 4.07. The summed E-state index contributed by atoms with van der Waals surface area (Å²) in [6, 6.07) is 1.28. The van der Waals surface area contributed by atoms with Crippen molar-refractivity contribution in [1.82, 2.24) is 4.90 Å². The minimum Gasteiger partial charge on any atom is -0.481 e. The van der Waals surface area contributed by atoms with Crippen molar-refractivity contribution in [3.05, 3.63) is 23.7 Å². The minimum atomic E-state index is -0.960. The number of nitrogens with zero attached hydrogens (tertiary/aromatic N) is 1. The number of aryl methyl sites for hydroxylation is 1. The molecule has 5 heteroatoms. The van der Waals surface area contributed by atoms with Crippen LogP contribution >= 0.6 is 0 Å². The van der Waals surface area contributed by atoms with Gasteiger partial charge in [-0.15, -0.1) is 0 Å². The Kier molecular flexibility index (Phi) is 2.46. The molecule has 0 saturated carbocycles. The summed E-state index contributed by atoms with van der Waals surface area (Å²) in [5.74, 6) is -1.27. The molecule has 1 amide bonds. The first-order chi connectivity index (χ1) is 7.52. The molecule has 1 saturated heterocycles. The van der Waals surface area contributed by atoms with Crippen LogP contribution in [0.2, 0.25) is 0 Å². The Morgan fingerprint density at radius 3 is 2.81 bits per heavy atom. The van der Waals surface area contributed by atoms with Crippen LogP contribution in [0.15, 0.2) is 16.7 Å². The first kappa shape index (κ1) is 10.7. The predicted molar refractivity (Wildman–Crippen MR) is 54.7 cm³/mol. The summed E-state index contributed by atoms with van der Waals surface area (Å²) in [7, 11) is 1.61. The van der Waals surface area contributed by atoms with Crippen molar-refractivity contribution < 1.29 is 19.1 Å². The van der Waals surface area contributed by atoms with E-state index in [0.717, 1.165) is 5.56 Å². The van der Waals surface area contributed by atoms with Crippen LogP contribution in [0.1, 0.15) is 23.8 Å². The van der Waals surface area contributed by atoms with E-state index in [1.165, 1.54) is 11.2 Å². The van der Waals surface area contributed by atoms with Crippen molar-refractivity contribution in [2.24, 2.45) is 5.92 Å². The fourth-order valence-electron chi connectivity index (χ4n) is 2.14. The van der Waals surface area contributed by atoms with Crippen molar-refractivity contribution in [3.8, 4) is 0 Å². The number of amides is 1. The number of likely N-dealkylation sites (tertiary alicyclic amines) is 1. The van der Waals surface area contributed by atoms with E-state index in [4.69, 9.17) is 9.52 Å². The molecule has 0 bridgehead atoms. The normalized spacial score (nSPS) is 25.1. The number of aliphatic carboxylic acids is 1. The van der Waals surface area contributed by atoms with E-state index < -0.39 is 17.9 Å². The van der Waals surface area contributed by atoms with Crippen LogP contribution in [-0.2, 0) is 9.59 Å². The standard InChI is InChI=1S/C11H13NO4/c1-6-3-4-16-10(6)9-7(11(14)15)5-8(13)12(9)2/h3-4,7,9H,5H2,1-2H3,(H,14,15). The highest BCUT2D eigenvalue weighted by atomic mass is 16.4. The Morgan fingerprint density at radius 1 is 1.62 bits per heavy atom. The zero-order valence-corrected chi connectivity index (χ0v) is 9.14. The second kappa shape index (κ2) is 3.66. The minimum absolute atomic E-state index is 0.0383. The van der Waals surface area contributed by atoms with Gasteiger partial charge in [-0.1, -0.05) is 0 Å². The fourth-order valence-corrected chi connectivity index (χ4v) is 2.14. The van der Waals surface area contributed by atoms with Crippen molar-refractivity contribution in [2.75, 3.05) is 7.05 Å². The van der Waals surface area contributed by atoms with E-state index >= 15 is 0 Å². The van der Waals surface area contributed by atoms with E-state index in [2.05, 4.69) is 0 Å². The molecule has 1 fully saturated rings. The van der Waals surface area contributed by atoms with Gasteiger partial charge in [0.1, 0.15) is 11.8 Å². The maximum atomic E-state index is 11.5. The molecular weight excluding hydrogens is 210 g/mol. The largest absolute Gasteiger partial charge is 0.481 e. The summed E-state index contributed by atoms with van der Waals surface area (Å²) >= 11 is 0.